The highest BCUT2D eigenvalue weighted by Gasteiger charge is 2.26. The van der Waals surface area contributed by atoms with Gasteiger partial charge in [-0.25, -0.2) is 13.2 Å². The van der Waals surface area contributed by atoms with Crippen molar-refractivity contribution in [3.8, 4) is 0 Å². The van der Waals surface area contributed by atoms with Crippen LogP contribution in [-0.2, 0) is 10.0 Å². The Bertz CT molecular complexity index is 1130. The van der Waals surface area contributed by atoms with E-state index >= 15 is 0 Å². The van der Waals surface area contributed by atoms with Crippen LogP contribution < -0.4 is 9.62 Å². The predicted molar refractivity (Wildman–Crippen MR) is 131 cm³/mol. The minimum atomic E-state index is -3.87. The summed E-state index contributed by atoms with van der Waals surface area (Å²) in [5, 5.41) is 9.50. The van der Waals surface area contributed by atoms with Crippen molar-refractivity contribution >= 4 is 27.4 Å². The number of rotatable bonds is 7. The standard InChI is InChI=1S/C25H33N3O4S/c1-18-7-9-22(14-19(18)2)33(31,32)26-23-15-21(25(29)30)8-10-24(23)28-13-5-6-20(17-28)16-27-11-3-4-12-27/h7-10,14-15,20,26H,3-6,11-13,16-17H2,1-2H3,(H,29,30)/t20-/m1/s1. The fourth-order valence-corrected chi connectivity index (χ4v) is 6.02. The van der Waals surface area contributed by atoms with E-state index in [4.69, 9.17) is 0 Å². The van der Waals surface area contributed by atoms with E-state index in [-0.39, 0.29) is 10.5 Å². The number of nitrogens with one attached hydrogen (secondary N) is 1. The quantitative estimate of drug-likeness (QED) is 0.632. The number of benzene rings is 2. The molecule has 178 valence electrons. The Balaban J connectivity index is 1.62. The van der Waals surface area contributed by atoms with Gasteiger partial charge in [-0.3, -0.25) is 4.72 Å². The monoisotopic (exact) mass is 471 g/mol. The van der Waals surface area contributed by atoms with Crippen molar-refractivity contribution in [2.24, 2.45) is 5.92 Å². The third-order valence-corrected chi connectivity index (χ3v) is 8.21. The number of carbonyl (C=O) groups is 1. The lowest BCUT2D eigenvalue weighted by Gasteiger charge is -2.37. The molecule has 2 aliphatic heterocycles. The van der Waals surface area contributed by atoms with Gasteiger partial charge >= 0.3 is 5.97 Å². The minimum Gasteiger partial charge on any atom is -0.478 e. The number of sulfonamides is 1. The van der Waals surface area contributed by atoms with Gasteiger partial charge in [-0.05, 0) is 100.0 Å². The van der Waals surface area contributed by atoms with Crippen molar-refractivity contribution in [3.05, 3.63) is 53.1 Å². The van der Waals surface area contributed by atoms with Gasteiger partial charge < -0.3 is 14.9 Å². The maximum absolute atomic E-state index is 13.2. The number of aromatic carboxylic acids is 1. The summed E-state index contributed by atoms with van der Waals surface area (Å²) in [5.41, 5.74) is 3.01. The Kier molecular flexibility index (Phi) is 6.95. The molecule has 1 atom stereocenters. The largest absolute Gasteiger partial charge is 0.478 e. The second kappa shape index (κ2) is 9.73. The first kappa shape index (κ1) is 23.6. The second-order valence-electron chi connectivity index (χ2n) is 9.35. The average Bonchev–Trinajstić information content (AvgIpc) is 3.28. The first-order chi connectivity index (χ1) is 15.7. The molecule has 0 aliphatic carbocycles. The Morgan fingerprint density at radius 2 is 1.79 bits per heavy atom. The molecule has 2 aromatic rings. The molecule has 0 radical (unpaired) electrons. The average molecular weight is 472 g/mol. The van der Waals surface area contributed by atoms with Crippen LogP contribution in [0, 0.1) is 19.8 Å². The molecule has 2 N–H and O–H groups in total. The first-order valence-corrected chi connectivity index (χ1v) is 13.2. The van der Waals surface area contributed by atoms with E-state index in [0.717, 1.165) is 62.4 Å². The lowest BCUT2D eigenvalue weighted by Crippen LogP contribution is -2.40. The zero-order valence-electron chi connectivity index (χ0n) is 19.4. The maximum Gasteiger partial charge on any atom is 0.335 e. The molecule has 0 bridgehead atoms. The highest BCUT2D eigenvalue weighted by molar-refractivity contribution is 7.92. The molecular formula is C25H33N3O4S. The first-order valence-electron chi connectivity index (χ1n) is 11.7. The van der Waals surface area contributed by atoms with E-state index in [1.54, 1.807) is 30.3 Å². The van der Waals surface area contributed by atoms with Gasteiger partial charge in [0.2, 0.25) is 0 Å². The third kappa shape index (κ3) is 5.50. The van der Waals surface area contributed by atoms with Gasteiger partial charge in [0.05, 0.1) is 21.8 Å². The van der Waals surface area contributed by atoms with Crippen molar-refractivity contribution in [1.82, 2.24) is 4.90 Å². The Morgan fingerprint density at radius 3 is 2.48 bits per heavy atom. The molecule has 8 heteroatoms. The van der Waals surface area contributed by atoms with Crippen molar-refractivity contribution in [1.29, 1.82) is 0 Å². The van der Waals surface area contributed by atoms with Crippen LogP contribution >= 0.6 is 0 Å². The van der Waals surface area contributed by atoms with Gasteiger partial charge in [-0.1, -0.05) is 6.07 Å². The van der Waals surface area contributed by atoms with Crippen molar-refractivity contribution in [2.45, 2.75) is 44.4 Å². The fourth-order valence-electron chi connectivity index (χ4n) is 4.87. The van der Waals surface area contributed by atoms with E-state index < -0.39 is 16.0 Å². The minimum absolute atomic E-state index is 0.0576. The number of hydrogen-bond donors (Lipinski definition) is 2. The van der Waals surface area contributed by atoms with E-state index in [0.29, 0.717) is 11.6 Å². The topological polar surface area (TPSA) is 89.9 Å². The normalized spacial score (nSPS) is 19.6. The van der Waals surface area contributed by atoms with E-state index in [1.165, 1.54) is 18.9 Å². The van der Waals surface area contributed by atoms with Gasteiger partial charge in [-0.2, -0.15) is 0 Å². The van der Waals surface area contributed by atoms with Gasteiger partial charge in [0.15, 0.2) is 0 Å². The second-order valence-corrected chi connectivity index (χ2v) is 11.0. The molecular weight excluding hydrogens is 438 g/mol. The van der Waals surface area contributed by atoms with E-state index in [9.17, 15) is 18.3 Å². The van der Waals surface area contributed by atoms with Gasteiger partial charge in [0.1, 0.15) is 0 Å². The summed E-state index contributed by atoms with van der Waals surface area (Å²) in [6, 6.07) is 9.73. The van der Waals surface area contributed by atoms with Crippen LogP contribution in [0.15, 0.2) is 41.3 Å². The van der Waals surface area contributed by atoms with E-state index in [1.807, 2.05) is 13.8 Å². The van der Waals surface area contributed by atoms with Crippen molar-refractivity contribution in [2.75, 3.05) is 42.3 Å². The Morgan fingerprint density at radius 1 is 1.03 bits per heavy atom. The number of piperidine rings is 1. The number of anilines is 2. The highest BCUT2D eigenvalue weighted by Crippen LogP contribution is 2.33. The van der Waals surface area contributed by atoms with Crippen LogP contribution in [-0.4, -0.2) is 57.1 Å². The molecule has 0 aromatic heterocycles. The summed E-state index contributed by atoms with van der Waals surface area (Å²) in [7, 11) is -3.87. The molecule has 4 rings (SSSR count). The molecule has 2 fully saturated rings. The summed E-state index contributed by atoms with van der Waals surface area (Å²) < 4.78 is 29.1. The van der Waals surface area contributed by atoms with Crippen molar-refractivity contribution in [3.63, 3.8) is 0 Å². The van der Waals surface area contributed by atoms with Crippen LogP contribution in [0.25, 0.3) is 0 Å². The summed E-state index contributed by atoms with van der Waals surface area (Å²) in [5.74, 6) is -0.570. The molecule has 7 nitrogen and oxygen atoms in total. The molecule has 0 amide bonds. The lowest BCUT2D eigenvalue weighted by molar-refractivity contribution is 0.0697. The molecule has 2 aromatic carbocycles. The van der Waals surface area contributed by atoms with E-state index in [2.05, 4.69) is 14.5 Å². The van der Waals surface area contributed by atoms with Crippen LogP contribution in [0.4, 0.5) is 11.4 Å². The summed E-state index contributed by atoms with van der Waals surface area (Å²) in [6.45, 7) is 8.84. The van der Waals surface area contributed by atoms with Crippen molar-refractivity contribution < 1.29 is 18.3 Å². The van der Waals surface area contributed by atoms with Crippen LogP contribution in [0.2, 0.25) is 0 Å². The molecule has 2 heterocycles. The highest BCUT2D eigenvalue weighted by atomic mass is 32.2. The molecule has 2 saturated heterocycles. The molecule has 0 saturated carbocycles. The zero-order valence-corrected chi connectivity index (χ0v) is 20.2. The predicted octanol–water partition coefficient (Wildman–Crippen LogP) is 4.11. The molecule has 2 aliphatic rings. The smallest absolute Gasteiger partial charge is 0.335 e. The summed E-state index contributed by atoms with van der Waals surface area (Å²) in [4.78, 5) is 16.5. The van der Waals surface area contributed by atoms with Gasteiger partial charge in [0.25, 0.3) is 10.0 Å². The molecule has 0 unspecified atom stereocenters. The number of nitrogens with zero attached hydrogens (tertiary/aromatic N) is 2. The summed E-state index contributed by atoms with van der Waals surface area (Å²) >= 11 is 0. The maximum atomic E-state index is 13.2. The SMILES string of the molecule is Cc1ccc(S(=O)(=O)Nc2cc(C(=O)O)ccc2N2CCC[C@H](CN3CCCC3)C2)cc1C. The third-order valence-electron chi connectivity index (χ3n) is 6.85. The fraction of sp³-hybridized carbons (Fsp3) is 0.480. The lowest BCUT2D eigenvalue weighted by atomic mass is 9.96. The molecule has 33 heavy (non-hydrogen) atoms. The number of aryl methyl sites for hydroxylation is 2. The Hall–Kier alpha value is -2.58. The van der Waals surface area contributed by atoms with Crippen LogP contribution in [0.1, 0.15) is 47.2 Å². The summed E-state index contributed by atoms with van der Waals surface area (Å²) in [6.07, 6.45) is 4.71. The number of hydrogen-bond acceptors (Lipinski definition) is 5. The Labute approximate surface area is 196 Å². The van der Waals surface area contributed by atoms with Gasteiger partial charge in [-0.15, -0.1) is 0 Å². The number of carboxylic acids is 1. The zero-order chi connectivity index (χ0) is 23.6. The molecule has 0 spiro atoms. The number of carboxylic acid groups (broad SMARTS) is 1. The van der Waals surface area contributed by atoms with Gasteiger partial charge in [0, 0.05) is 19.6 Å². The van der Waals surface area contributed by atoms with Crippen LogP contribution in [0.3, 0.4) is 0 Å². The number of likely N-dealkylation sites (tertiary alicyclic amines) is 1. The van der Waals surface area contributed by atoms with Crippen LogP contribution in [0.5, 0.6) is 0 Å².